The molecule has 0 atom stereocenters. The molecule has 0 amide bonds. The molecule has 2 N–H and O–H groups in total. The standard InChI is InChI=1S/C10H18ClN5/c1-7(2)5-4-6-13-10-15-8(11)14-9(12-3)16-10/h7H,4-6H2,1-3H3,(H2,12,13,14,15,16). The van der Waals surface area contributed by atoms with Crippen molar-refractivity contribution in [2.45, 2.75) is 26.7 Å². The van der Waals surface area contributed by atoms with Gasteiger partial charge in [-0.2, -0.15) is 15.0 Å². The molecule has 1 aromatic heterocycles. The van der Waals surface area contributed by atoms with Gasteiger partial charge in [0.15, 0.2) is 0 Å². The summed E-state index contributed by atoms with van der Waals surface area (Å²) in [5.41, 5.74) is 0. The molecule has 0 aromatic carbocycles. The molecule has 0 aliphatic rings. The molecule has 6 heteroatoms. The second-order valence-electron chi connectivity index (χ2n) is 3.96. The van der Waals surface area contributed by atoms with E-state index in [0.29, 0.717) is 11.9 Å². The second kappa shape index (κ2) is 6.48. The maximum Gasteiger partial charge on any atom is 0.228 e. The molecule has 0 aliphatic carbocycles. The Bertz CT molecular complexity index is 329. The molecule has 0 unspecified atom stereocenters. The highest BCUT2D eigenvalue weighted by Gasteiger charge is 2.02. The number of rotatable bonds is 6. The zero-order valence-electron chi connectivity index (χ0n) is 9.92. The van der Waals surface area contributed by atoms with Crippen LogP contribution >= 0.6 is 11.6 Å². The van der Waals surface area contributed by atoms with Gasteiger partial charge in [0.25, 0.3) is 0 Å². The highest BCUT2D eigenvalue weighted by atomic mass is 35.5. The van der Waals surface area contributed by atoms with E-state index in [1.807, 2.05) is 0 Å². The zero-order valence-corrected chi connectivity index (χ0v) is 10.7. The van der Waals surface area contributed by atoms with E-state index < -0.39 is 0 Å². The molecule has 1 aromatic rings. The van der Waals surface area contributed by atoms with Crippen LogP contribution in [0.25, 0.3) is 0 Å². The molecular formula is C10H18ClN5. The van der Waals surface area contributed by atoms with Gasteiger partial charge >= 0.3 is 0 Å². The van der Waals surface area contributed by atoms with Crippen molar-refractivity contribution in [3.05, 3.63) is 5.28 Å². The number of nitrogens with one attached hydrogen (secondary N) is 2. The quantitative estimate of drug-likeness (QED) is 0.752. The van der Waals surface area contributed by atoms with E-state index in [9.17, 15) is 0 Å². The summed E-state index contributed by atoms with van der Waals surface area (Å²) in [5.74, 6) is 1.72. The summed E-state index contributed by atoms with van der Waals surface area (Å²) in [4.78, 5) is 12.0. The van der Waals surface area contributed by atoms with Gasteiger partial charge in [0.2, 0.25) is 17.2 Å². The van der Waals surface area contributed by atoms with Crippen LogP contribution in [0.5, 0.6) is 0 Å². The third-order valence-electron chi connectivity index (χ3n) is 2.07. The predicted octanol–water partition coefficient (Wildman–Crippen LogP) is 2.41. The third kappa shape index (κ3) is 4.61. The summed E-state index contributed by atoms with van der Waals surface area (Å²) in [6, 6.07) is 0. The Labute approximate surface area is 101 Å². The molecule has 0 saturated heterocycles. The maximum absolute atomic E-state index is 5.75. The Kier molecular flexibility index (Phi) is 5.25. The minimum absolute atomic E-state index is 0.200. The SMILES string of the molecule is CNc1nc(Cl)nc(NCCCC(C)C)n1. The number of aromatic nitrogens is 3. The van der Waals surface area contributed by atoms with Gasteiger partial charge in [-0.25, -0.2) is 0 Å². The Morgan fingerprint density at radius 3 is 2.50 bits per heavy atom. The molecule has 16 heavy (non-hydrogen) atoms. The highest BCUT2D eigenvalue weighted by molar-refractivity contribution is 6.28. The van der Waals surface area contributed by atoms with E-state index in [-0.39, 0.29) is 5.28 Å². The van der Waals surface area contributed by atoms with E-state index in [0.717, 1.165) is 18.9 Å². The number of nitrogens with zero attached hydrogens (tertiary/aromatic N) is 3. The Morgan fingerprint density at radius 2 is 1.88 bits per heavy atom. The number of hydrogen-bond donors (Lipinski definition) is 2. The van der Waals surface area contributed by atoms with Crippen molar-refractivity contribution in [1.82, 2.24) is 15.0 Å². The lowest BCUT2D eigenvalue weighted by atomic mass is 10.1. The zero-order chi connectivity index (χ0) is 12.0. The first-order valence-corrected chi connectivity index (χ1v) is 5.83. The molecular weight excluding hydrogens is 226 g/mol. The minimum atomic E-state index is 0.200. The lowest BCUT2D eigenvalue weighted by Gasteiger charge is -2.07. The van der Waals surface area contributed by atoms with E-state index in [2.05, 4.69) is 39.4 Å². The third-order valence-corrected chi connectivity index (χ3v) is 2.24. The van der Waals surface area contributed by atoms with Crippen LogP contribution in [0, 0.1) is 5.92 Å². The lowest BCUT2D eigenvalue weighted by Crippen LogP contribution is -2.09. The maximum atomic E-state index is 5.75. The first kappa shape index (κ1) is 13.0. The van der Waals surface area contributed by atoms with Gasteiger partial charge in [0.05, 0.1) is 0 Å². The second-order valence-corrected chi connectivity index (χ2v) is 4.30. The topological polar surface area (TPSA) is 62.7 Å². The Morgan fingerprint density at radius 1 is 1.19 bits per heavy atom. The van der Waals surface area contributed by atoms with Gasteiger partial charge in [-0.1, -0.05) is 13.8 Å². The summed E-state index contributed by atoms with van der Waals surface area (Å²) in [5, 5.41) is 6.16. The summed E-state index contributed by atoms with van der Waals surface area (Å²) in [6.45, 7) is 5.26. The average molecular weight is 244 g/mol. The summed E-state index contributed by atoms with van der Waals surface area (Å²) in [7, 11) is 1.74. The predicted molar refractivity (Wildman–Crippen MR) is 66.9 cm³/mol. The molecule has 0 radical (unpaired) electrons. The molecule has 1 heterocycles. The summed E-state index contributed by atoms with van der Waals surface area (Å²) in [6.07, 6.45) is 2.28. The van der Waals surface area contributed by atoms with Crippen molar-refractivity contribution in [2.75, 3.05) is 24.2 Å². The smallest absolute Gasteiger partial charge is 0.228 e. The van der Waals surface area contributed by atoms with Crippen molar-refractivity contribution in [3.8, 4) is 0 Å². The highest BCUT2D eigenvalue weighted by Crippen LogP contribution is 2.09. The van der Waals surface area contributed by atoms with E-state index in [4.69, 9.17) is 11.6 Å². The van der Waals surface area contributed by atoms with Gasteiger partial charge < -0.3 is 10.6 Å². The van der Waals surface area contributed by atoms with Crippen LogP contribution in [0.15, 0.2) is 0 Å². The summed E-state index contributed by atoms with van der Waals surface area (Å²) < 4.78 is 0. The van der Waals surface area contributed by atoms with Crippen LogP contribution < -0.4 is 10.6 Å². The first-order chi connectivity index (χ1) is 7.61. The average Bonchev–Trinajstić information content (AvgIpc) is 2.23. The minimum Gasteiger partial charge on any atom is -0.357 e. The molecule has 0 spiro atoms. The van der Waals surface area contributed by atoms with Crippen molar-refractivity contribution in [3.63, 3.8) is 0 Å². The van der Waals surface area contributed by atoms with Crippen molar-refractivity contribution >= 4 is 23.5 Å². The van der Waals surface area contributed by atoms with E-state index in [1.165, 1.54) is 6.42 Å². The molecule has 5 nitrogen and oxygen atoms in total. The van der Waals surface area contributed by atoms with Gasteiger partial charge in [-0.05, 0) is 30.4 Å². The first-order valence-electron chi connectivity index (χ1n) is 5.45. The van der Waals surface area contributed by atoms with Crippen LogP contribution in [0.1, 0.15) is 26.7 Å². The van der Waals surface area contributed by atoms with Gasteiger partial charge in [-0.3, -0.25) is 0 Å². The van der Waals surface area contributed by atoms with Crippen LogP contribution in [0.3, 0.4) is 0 Å². The fourth-order valence-electron chi connectivity index (χ4n) is 1.25. The van der Waals surface area contributed by atoms with Crippen molar-refractivity contribution in [2.24, 2.45) is 5.92 Å². The van der Waals surface area contributed by atoms with Gasteiger partial charge in [0, 0.05) is 13.6 Å². The van der Waals surface area contributed by atoms with Crippen LogP contribution in [-0.4, -0.2) is 28.5 Å². The number of anilines is 2. The van der Waals surface area contributed by atoms with Crippen molar-refractivity contribution < 1.29 is 0 Å². The number of halogens is 1. The monoisotopic (exact) mass is 243 g/mol. The molecule has 0 aliphatic heterocycles. The Hall–Kier alpha value is -1.10. The van der Waals surface area contributed by atoms with E-state index in [1.54, 1.807) is 7.05 Å². The van der Waals surface area contributed by atoms with Crippen LogP contribution in [-0.2, 0) is 0 Å². The van der Waals surface area contributed by atoms with Crippen LogP contribution in [0.2, 0.25) is 5.28 Å². The molecule has 0 bridgehead atoms. The Balaban J connectivity index is 2.44. The summed E-state index contributed by atoms with van der Waals surface area (Å²) >= 11 is 5.75. The molecule has 0 saturated carbocycles. The molecule has 0 fully saturated rings. The lowest BCUT2D eigenvalue weighted by molar-refractivity contribution is 0.566. The molecule has 90 valence electrons. The van der Waals surface area contributed by atoms with Crippen LogP contribution in [0.4, 0.5) is 11.9 Å². The number of hydrogen-bond acceptors (Lipinski definition) is 5. The molecule has 1 rings (SSSR count). The fraction of sp³-hybridized carbons (Fsp3) is 0.700. The van der Waals surface area contributed by atoms with Gasteiger partial charge in [-0.15, -0.1) is 0 Å². The normalized spacial score (nSPS) is 10.6. The van der Waals surface area contributed by atoms with Gasteiger partial charge in [0.1, 0.15) is 0 Å². The van der Waals surface area contributed by atoms with E-state index >= 15 is 0 Å². The largest absolute Gasteiger partial charge is 0.357 e. The fourth-order valence-corrected chi connectivity index (χ4v) is 1.41. The van der Waals surface area contributed by atoms with Crippen molar-refractivity contribution in [1.29, 1.82) is 0 Å².